The highest BCUT2D eigenvalue weighted by atomic mass is 35.5. The summed E-state index contributed by atoms with van der Waals surface area (Å²) < 4.78 is 38.2. The Kier molecular flexibility index (Phi) is 7.46. The molecule has 2 atom stereocenters. The van der Waals surface area contributed by atoms with Crippen LogP contribution >= 0.6 is 11.6 Å². The molecule has 0 radical (unpaired) electrons. The van der Waals surface area contributed by atoms with Crippen LogP contribution in [0.15, 0.2) is 47.4 Å². The van der Waals surface area contributed by atoms with Gasteiger partial charge in [-0.05, 0) is 49.6 Å². The van der Waals surface area contributed by atoms with Crippen molar-refractivity contribution in [2.75, 3.05) is 27.3 Å². The van der Waals surface area contributed by atoms with Crippen LogP contribution in [-0.4, -0.2) is 45.9 Å². The number of nitrogens with one attached hydrogen (secondary N) is 1. The van der Waals surface area contributed by atoms with Crippen LogP contribution in [0, 0.1) is 5.92 Å². The molecule has 1 N–H and O–H groups in total. The van der Waals surface area contributed by atoms with Gasteiger partial charge in [0.2, 0.25) is 15.9 Å². The summed E-state index contributed by atoms with van der Waals surface area (Å²) in [6, 6.07) is 11.6. The molecule has 9 heteroatoms. The van der Waals surface area contributed by atoms with Crippen LogP contribution in [0.3, 0.4) is 0 Å². The number of rotatable bonds is 7. The quantitative estimate of drug-likeness (QED) is 0.673. The number of hydrogen-bond acceptors (Lipinski definition) is 5. The normalized spacial score (nSPS) is 18.3. The minimum absolute atomic E-state index is 0.112. The van der Waals surface area contributed by atoms with E-state index in [-0.39, 0.29) is 23.4 Å². The Bertz CT molecular complexity index is 1030. The van der Waals surface area contributed by atoms with Gasteiger partial charge in [0.15, 0.2) is 11.5 Å². The van der Waals surface area contributed by atoms with Gasteiger partial charge in [-0.25, -0.2) is 8.42 Å². The largest absolute Gasteiger partial charge is 0.493 e. The van der Waals surface area contributed by atoms with E-state index in [9.17, 15) is 13.2 Å². The van der Waals surface area contributed by atoms with Gasteiger partial charge in [0, 0.05) is 24.2 Å². The summed E-state index contributed by atoms with van der Waals surface area (Å²) in [4.78, 5) is 13.0. The average molecular weight is 467 g/mol. The number of carbonyl (C=O) groups is 1. The maximum absolute atomic E-state index is 13.2. The van der Waals surface area contributed by atoms with Crippen molar-refractivity contribution >= 4 is 27.5 Å². The van der Waals surface area contributed by atoms with Crippen LogP contribution in [0.5, 0.6) is 11.5 Å². The lowest BCUT2D eigenvalue weighted by molar-refractivity contribution is -0.126. The molecule has 168 valence electrons. The van der Waals surface area contributed by atoms with Crippen LogP contribution in [0.2, 0.25) is 5.02 Å². The van der Waals surface area contributed by atoms with Crippen molar-refractivity contribution in [2.45, 2.75) is 30.7 Å². The molecule has 0 spiro atoms. The lowest BCUT2D eigenvalue weighted by atomic mass is 9.98. The molecule has 31 heavy (non-hydrogen) atoms. The third-order valence-corrected chi connectivity index (χ3v) is 7.59. The molecule has 0 unspecified atom stereocenters. The van der Waals surface area contributed by atoms with Gasteiger partial charge in [-0.2, -0.15) is 4.31 Å². The number of piperidine rings is 1. The second kappa shape index (κ2) is 9.89. The zero-order chi connectivity index (χ0) is 22.6. The van der Waals surface area contributed by atoms with Crippen LogP contribution < -0.4 is 14.8 Å². The lowest BCUT2D eigenvalue weighted by Gasteiger charge is -2.32. The fourth-order valence-corrected chi connectivity index (χ4v) is 5.33. The molecule has 0 saturated carbocycles. The Balaban J connectivity index is 1.71. The molecule has 1 saturated heterocycles. The first-order valence-corrected chi connectivity index (χ1v) is 11.9. The topological polar surface area (TPSA) is 84.9 Å². The van der Waals surface area contributed by atoms with E-state index in [1.165, 1.54) is 30.7 Å². The highest BCUT2D eigenvalue weighted by Crippen LogP contribution is 2.32. The molecule has 7 nitrogen and oxygen atoms in total. The molecule has 1 aliphatic rings. The van der Waals surface area contributed by atoms with E-state index in [1.807, 2.05) is 19.1 Å². The van der Waals surface area contributed by atoms with E-state index in [0.717, 1.165) is 5.56 Å². The molecule has 3 rings (SSSR count). The zero-order valence-corrected chi connectivity index (χ0v) is 19.4. The summed E-state index contributed by atoms with van der Waals surface area (Å²) in [7, 11) is -0.822. The highest BCUT2D eigenvalue weighted by Gasteiger charge is 2.34. The lowest BCUT2D eigenvalue weighted by Crippen LogP contribution is -2.45. The minimum Gasteiger partial charge on any atom is -0.493 e. The van der Waals surface area contributed by atoms with Gasteiger partial charge in [-0.1, -0.05) is 23.7 Å². The molecule has 0 aliphatic carbocycles. The smallest absolute Gasteiger partial charge is 0.243 e. The standard InChI is InChI=1S/C22H27ClN2O5S/c1-15(16-6-8-18(23)9-7-16)24-22(26)17-5-4-12-25(14-17)31(27,28)19-10-11-20(29-2)21(13-19)30-3/h6-11,13,15,17H,4-5,12,14H2,1-3H3,(H,24,26)/t15-,17-/m1/s1. The number of methoxy groups -OCH3 is 2. The van der Waals surface area contributed by atoms with Gasteiger partial charge in [-0.3, -0.25) is 4.79 Å². The summed E-state index contributed by atoms with van der Waals surface area (Å²) in [5, 5.41) is 3.62. The summed E-state index contributed by atoms with van der Waals surface area (Å²) in [6.07, 6.45) is 1.25. The van der Waals surface area contributed by atoms with Gasteiger partial charge >= 0.3 is 0 Å². The highest BCUT2D eigenvalue weighted by molar-refractivity contribution is 7.89. The molecule has 0 aromatic heterocycles. The Morgan fingerprint density at radius 3 is 2.45 bits per heavy atom. The van der Waals surface area contributed by atoms with E-state index in [4.69, 9.17) is 21.1 Å². The van der Waals surface area contributed by atoms with Gasteiger partial charge in [0.25, 0.3) is 0 Å². The molecular weight excluding hydrogens is 440 g/mol. The first kappa shape index (κ1) is 23.4. The number of ether oxygens (including phenoxy) is 2. The van der Waals surface area contributed by atoms with Gasteiger partial charge in [0.1, 0.15) is 0 Å². The predicted molar refractivity (Wildman–Crippen MR) is 119 cm³/mol. The first-order chi connectivity index (χ1) is 14.8. The Hall–Kier alpha value is -2.29. The van der Waals surface area contributed by atoms with Crippen LogP contribution in [-0.2, 0) is 14.8 Å². The van der Waals surface area contributed by atoms with Crippen molar-refractivity contribution in [1.82, 2.24) is 9.62 Å². The van der Waals surface area contributed by atoms with Crippen molar-refractivity contribution in [2.24, 2.45) is 5.92 Å². The van der Waals surface area contributed by atoms with Crippen molar-refractivity contribution < 1.29 is 22.7 Å². The SMILES string of the molecule is COc1ccc(S(=O)(=O)N2CCC[C@@H](C(=O)N[C@H](C)c3ccc(Cl)cc3)C2)cc1OC. The minimum atomic E-state index is -3.77. The summed E-state index contributed by atoms with van der Waals surface area (Å²) in [5.41, 5.74) is 0.934. The van der Waals surface area contributed by atoms with E-state index in [2.05, 4.69) is 5.32 Å². The summed E-state index contributed by atoms with van der Waals surface area (Å²) in [5.74, 6) is 0.216. The molecule has 1 fully saturated rings. The van der Waals surface area contributed by atoms with E-state index < -0.39 is 15.9 Å². The molecule has 1 heterocycles. The Morgan fingerprint density at radius 2 is 1.81 bits per heavy atom. The number of benzene rings is 2. The third-order valence-electron chi connectivity index (χ3n) is 5.48. The van der Waals surface area contributed by atoms with Crippen molar-refractivity contribution in [1.29, 1.82) is 0 Å². The van der Waals surface area contributed by atoms with Crippen LogP contribution in [0.25, 0.3) is 0 Å². The molecular formula is C22H27ClN2O5S. The Morgan fingerprint density at radius 1 is 1.13 bits per heavy atom. The van der Waals surface area contributed by atoms with Crippen molar-refractivity contribution in [3.63, 3.8) is 0 Å². The number of nitrogens with zero attached hydrogens (tertiary/aromatic N) is 1. The van der Waals surface area contributed by atoms with Gasteiger partial charge in [-0.15, -0.1) is 0 Å². The second-order valence-corrected chi connectivity index (χ2v) is 9.88. The molecule has 2 aromatic carbocycles. The van der Waals surface area contributed by atoms with Crippen LogP contribution in [0.4, 0.5) is 0 Å². The Labute approximate surface area is 188 Å². The number of sulfonamides is 1. The van der Waals surface area contributed by atoms with E-state index in [0.29, 0.717) is 35.9 Å². The first-order valence-electron chi connectivity index (χ1n) is 10.0. The monoisotopic (exact) mass is 466 g/mol. The molecule has 1 amide bonds. The fourth-order valence-electron chi connectivity index (χ4n) is 3.67. The molecule has 0 bridgehead atoms. The maximum atomic E-state index is 13.2. The number of amides is 1. The average Bonchev–Trinajstić information content (AvgIpc) is 2.78. The zero-order valence-electron chi connectivity index (χ0n) is 17.8. The summed E-state index contributed by atoms with van der Waals surface area (Å²) >= 11 is 5.92. The number of hydrogen-bond donors (Lipinski definition) is 1. The van der Waals surface area contributed by atoms with Gasteiger partial charge in [0.05, 0.1) is 31.1 Å². The predicted octanol–water partition coefficient (Wildman–Crippen LogP) is 3.64. The fraction of sp³-hybridized carbons (Fsp3) is 0.409. The molecule has 1 aliphatic heterocycles. The maximum Gasteiger partial charge on any atom is 0.243 e. The van der Waals surface area contributed by atoms with Crippen molar-refractivity contribution in [3.05, 3.63) is 53.1 Å². The van der Waals surface area contributed by atoms with E-state index in [1.54, 1.807) is 18.2 Å². The number of carbonyl (C=O) groups excluding carboxylic acids is 1. The van der Waals surface area contributed by atoms with Crippen LogP contribution in [0.1, 0.15) is 31.4 Å². The molecule has 2 aromatic rings. The second-order valence-electron chi connectivity index (χ2n) is 7.50. The van der Waals surface area contributed by atoms with E-state index >= 15 is 0 Å². The third kappa shape index (κ3) is 5.31. The number of halogens is 1. The van der Waals surface area contributed by atoms with Crippen molar-refractivity contribution in [3.8, 4) is 11.5 Å². The van der Waals surface area contributed by atoms with Gasteiger partial charge < -0.3 is 14.8 Å². The summed E-state index contributed by atoms with van der Waals surface area (Å²) in [6.45, 7) is 2.39.